The van der Waals surface area contributed by atoms with E-state index in [2.05, 4.69) is 5.32 Å². The van der Waals surface area contributed by atoms with E-state index in [1.54, 1.807) is 0 Å². The van der Waals surface area contributed by atoms with E-state index in [9.17, 15) is 18.0 Å². The second-order valence-corrected chi connectivity index (χ2v) is 3.02. The van der Waals surface area contributed by atoms with Crippen molar-refractivity contribution in [1.29, 1.82) is 0 Å². The van der Waals surface area contributed by atoms with Crippen LogP contribution in [0.4, 0.5) is 13.2 Å². The topological polar surface area (TPSA) is 29.1 Å². The Morgan fingerprint density at radius 1 is 1.40 bits per heavy atom. The minimum Gasteiger partial charge on any atom is -0.316 e. The summed E-state index contributed by atoms with van der Waals surface area (Å²) < 4.78 is 37.6. The van der Waals surface area contributed by atoms with Gasteiger partial charge in [-0.1, -0.05) is 12.1 Å². The van der Waals surface area contributed by atoms with Crippen molar-refractivity contribution in [2.24, 2.45) is 0 Å². The Hall–Kier alpha value is -1.36. The number of alkyl halides is 3. The van der Waals surface area contributed by atoms with Gasteiger partial charge >= 0.3 is 6.18 Å². The zero-order chi connectivity index (χ0) is 11.5. The van der Waals surface area contributed by atoms with E-state index in [1.165, 1.54) is 19.2 Å². The highest BCUT2D eigenvalue weighted by molar-refractivity contribution is 5.78. The molecule has 0 aliphatic carbocycles. The van der Waals surface area contributed by atoms with E-state index in [-0.39, 0.29) is 17.7 Å². The molecule has 0 bridgehead atoms. The normalized spacial score (nSPS) is 11.5. The monoisotopic (exact) mass is 217 g/mol. The van der Waals surface area contributed by atoms with Gasteiger partial charge in [0.25, 0.3) is 0 Å². The third kappa shape index (κ3) is 2.56. The SMILES string of the molecule is CNCc1c(C=O)cccc1C(F)(F)F. The standard InChI is InChI=1S/C10H10F3NO/c1-14-5-8-7(6-15)3-2-4-9(8)10(11,12)13/h2-4,6,14H,5H2,1H3. The van der Waals surface area contributed by atoms with E-state index < -0.39 is 11.7 Å². The minimum atomic E-state index is -4.43. The Morgan fingerprint density at radius 3 is 2.53 bits per heavy atom. The molecule has 0 radical (unpaired) electrons. The number of carbonyl (C=O) groups is 1. The maximum atomic E-state index is 12.5. The largest absolute Gasteiger partial charge is 0.416 e. The molecule has 0 saturated carbocycles. The van der Waals surface area contributed by atoms with Gasteiger partial charge in [0.2, 0.25) is 0 Å². The Balaban J connectivity index is 3.31. The van der Waals surface area contributed by atoms with Gasteiger partial charge in [-0.05, 0) is 18.7 Å². The van der Waals surface area contributed by atoms with Crippen LogP contribution in [0.3, 0.4) is 0 Å². The second kappa shape index (κ2) is 4.44. The van der Waals surface area contributed by atoms with Gasteiger partial charge in [0.1, 0.15) is 6.29 Å². The Labute approximate surface area is 85.1 Å². The fourth-order valence-electron chi connectivity index (χ4n) is 1.35. The molecule has 0 fully saturated rings. The molecule has 0 heterocycles. The highest BCUT2D eigenvalue weighted by atomic mass is 19.4. The average molecular weight is 217 g/mol. The zero-order valence-corrected chi connectivity index (χ0v) is 8.06. The summed E-state index contributed by atoms with van der Waals surface area (Å²) in [6.45, 7) is 0.0176. The fourth-order valence-corrected chi connectivity index (χ4v) is 1.35. The van der Waals surface area contributed by atoms with Crippen LogP contribution in [0.2, 0.25) is 0 Å². The van der Waals surface area contributed by atoms with Crippen LogP contribution in [0.15, 0.2) is 18.2 Å². The molecule has 1 rings (SSSR count). The average Bonchev–Trinajstić information content (AvgIpc) is 2.17. The summed E-state index contributed by atoms with van der Waals surface area (Å²) in [6.07, 6.45) is -3.99. The van der Waals surface area contributed by atoms with Crippen molar-refractivity contribution in [2.75, 3.05) is 7.05 Å². The van der Waals surface area contributed by atoms with Crippen molar-refractivity contribution in [3.63, 3.8) is 0 Å². The lowest BCUT2D eigenvalue weighted by atomic mass is 10.0. The quantitative estimate of drug-likeness (QED) is 0.786. The number of halogens is 3. The molecule has 0 aliphatic heterocycles. The van der Waals surface area contributed by atoms with Crippen LogP contribution in [0, 0.1) is 0 Å². The summed E-state index contributed by atoms with van der Waals surface area (Å²) in [4.78, 5) is 10.6. The van der Waals surface area contributed by atoms with E-state index >= 15 is 0 Å². The molecule has 0 aromatic heterocycles. The van der Waals surface area contributed by atoms with Crippen molar-refractivity contribution in [3.8, 4) is 0 Å². The first-order chi connectivity index (χ1) is 7.00. The summed E-state index contributed by atoms with van der Waals surface area (Å²) in [5.41, 5.74) is -0.705. The predicted molar refractivity (Wildman–Crippen MR) is 49.6 cm³/mol. The van der Waals surface area contributed by atoms with Gasteiger partial charge in [0, 0.05) is 12.1 Å². The van der Waals surface area contributed by atoms with E-state index in [1.807, 2.05) is 0 Å². The maximum Gasteiger partial charge on any atom is 0.416 e. The number of carbonyl (C=O) groups excluding carboxylic acids is 1. The van der Waals surface area contributed by atoms with Gasteiger partial charge < -0.3 is 5.32 Å². The van der Waals surface area contributed by atoms with Gasteiger partial charge in [-0.15, -0.1) is 0 Å². The molecule has 0 atom stereocenters. The summed E-state index contributed by atoms with van der Waals surface area (Å²) in [7, 11) is 1.53. The lowest BCUT2D eigenvalue weighted by Gasteiger charge is -2.13. The third-order valence-electron chi connectivity index (χ3n) is 2.00. The van der Waals surface area contributed by atoms with E-state index in [0.29, 0.717) is 6.29 Å². The van der Waals surface area contributed by atoms with Crippen molar-refractivity contribution in [1.82, 2.24) is 5.32 Å². The number of benzene rings is 1. The van der Waals surface area contributed by atoms with Crippen LogP contribution >= 0.6 is 0 Å². The fraction of sp³-hybridized carbons (Fsp3) is 0.300. The first kappa shape index (κ1) is 11.7. The number of hydrogen-bond donors (Lipinski definition) is 1. The molecule has 82 valence electrons. The molecule has 0 saturated heterocycles. The second-order valence-electron chi connectivity index (χ2n) is 3.02. The number of nitrogens with one attached hydrogen (secondary N) is 1. The van der Waals surface area contributed by atoms with Crippen molar-refractivity contribution in [2.45, 2.75) is 12.7 Å². The van der Waals surface area contributed by atoms with Crippen LogP contribution in [-0.4, -0.2) is 13.3 Å². The number of hydrogen-bond acceptors (Lipinski definition) is 2. The van der Waals surface area contributed by atoms with E-state index in [0.717, 1.165) is 6.07 Å². The first-order valence-electron chi connectivity index (χ1n) is 4.29. The Bertz CT molecular complexity index is 360. The number of rotatable bonds is 3. The molecule has 1 aromatic rings. The molecule has 1 aromatic carbocycles. The predicted octanol–water partition coefficient (Wildman–Crippen LogP) is 2.24. The van der Waals surface area contributed by atoms with Crippen LogP contribution in [0.5, 0.6) is 0 Å². The van der Waals surface area contributed by atoms with Gasteiger partial charge in [0.05, 0.1) is 5.56 Å². The van der Waals surface area contributed by atoms with Gasteiger partial charge in [-0.3, -0.25) is 4.79 Å². The minimum absolute atomic E-state index is 0.0116. The van der Waals surface area contributed by atoms with Gasteiger partial charge in [-0.2, -0.15) is 13.2 Å². The molecule has 0 aliphatic rings. The zero-order valence-electron chi connectivity index (χ0n) is 8.06. The number of aldehydes is 1. The van der Waals surface area contributed by atoms with Crippen LogP contribution in [-0.2, 0) is 12.7 Å². The summed E-state index contributed by atoms with van der Waals surface area (Å²) >= 11 is 0. The van der Waals surface area contributed by atoms with Crippen molar-refractivity contribution < 1.29 is 18.0 Å². The smallest absolute Gasteiger partial charge is 0.316 e. The third-order valence-corrected chi connectivity index (χ3v) is 2.00. The summed E-state index contributed by atoms with van der Waals surface area (Å²) in [6, 6.07) is 3.57. The lowest BCUT2D eigenvalue weighted by molar-refractivity contribution is -0.138. The molecule has 1 N–H and O–H groups in total. The molecule has 2 nitrogen and oxygen atoms in total. The van der Waals surface area contributed by atoms with Crippen molar-refractivity contribution in [3.05, 3.63) is 34.9 Å². The molecule has 0 unspecified atom stereocenters. The molecular weight excluding hydrogens is 207 g/mol. The van der Waals surface area contributed by atoms with E-state index in [4.69, 9.17) is 0 Å². The van der Waals surface area contributed by atoms with Crippen LogP contribution in [0.25, 0.3) is 0 Å². The molecule has 0 spiro atoms. The Kier molecular flexibility index (Phi) is 3.47. The van der Waals surface area contributed by atoms with Gasteiger partial charge in [0.15, 0.2) is 0 Å². The lowest BCUT2D eigenvalue weighted by Crippen LogP contribution is -2.16. The highest BCUT2D eigenvalue weighted by Gasteiger charge is 2.33. The molecular formula is C10H10F3NO. The molecule has 5 heteroatoms. The summed E-state index contributed by atoms with van der Waals surface area (Å²) in [5.74, 6) is 0. The Morgan fingerprint density at radius 2 is 2.07 bits per heavy atom. The maximum absolute atomic E-state index is 12.5. The highest BCUT2D eigenvalue weighted by Crippen LogP contribution is 2.32. The molecule has 0 amide bonds. The molecule has 15 heavy (non-hydrogen) atoms. The van der Waals surface area contributed by atoms with Crippen LogP contribution < -0.4 is 5.32 Å². The summed E-state index contributed by atoms with van der Waals surface area (Å²) in [5, 5.41) is 2.61. The first-order valence-corrected chi connectivity index (χ1v) is 4.29. The van der Waals surface area contributed by atoms with Crippen molar-refractivity contribution >= 4 is 6.29 Å². The van der Waals surface area contributed by atoms with Crippen LogP contribution in [0.1, 0.15) is 21.5 Å². The van der Waals surface area contributed by atoms with Gasteiger partial charge in [-0.25, -0.2) is 0 Å².